The van der Waals surface area contributed by atoms with Crippen LogP contribution in [-0.2, 0) is 25.2 Å². The first-order chi connectivity index (χ1) is 17.4. The van der Waals surface area contributed by atoms with Gasteiger partial charge in [-0.1, -0.05) is 52.0 Å². The third-order valence-corrected chi connectivity index (χ3v) is 12.8. The fraction of sp³-hybridized carbons (Fsp3) is 0.613. The predicted octanol–water partition coefficient (Wildman–Crippen LogP) is 6.61. The first-order valence-electron chi connectivity index (χ1n) is 13.5. The molecule has 202 valence electrons. The van der Waals surface area contributed by atoms with Gasteiger partial charge in [0.2, 0.25) is 0 Å². The number of carbonyl (C=O) groups is 2. The SMILES string of the molecule is CC#CC[C@H](C)C(=O)/C=C/[C@@H]1[C@H]2c3cccc(CCCC(=O)OC)c3O[C@H]2C[C@H]1O[Si](C)(C)C(C)(C)C. The van der Waals surface area contributed by atoms with Gasteiger partial charge in [-0.25, -0.2) is 0 Å². The van der Waals surface area contributed by atoms with Gasteiger partial charge in [0, 0.05) is 42.6 Å². The van der Waals surface area contributed by atoms with Crippen LogP contribution in [0.25, 0.3) is 0 Å². The third-order valence-electron chi connectivity index (χ3n) is 8.32. The van der Waals surface area contributed by atoms with Crippen molar-refractivity contribution in [3.05, 3.63) is 41.5 Å². The van der Waals surface area contributed by atoms with Crippen LogP contribution in [0.3, 0.4) is 0 Å². The number of ether oxygens (including phenoxy) is 2. The van der Waals surface area contributed by atoms with Crippen LogP contribution in [0.15, 0.2) is 30.4 Å². The minimum absolute atomic E-state index is 0.00168. The van der Waals surface area contributed by atoms with Gasteiger partial charge < -0.3 is 13.9 Å². The van der Waals surface area contributed by atoms with Gasteiger partial charge in [0.05, 0.1) is 13.2 Å². The zero-order chi connectivity index (χ0) is 27.4. The van der Waals surface area contributed by atoms with Crippen LogP contribution in [0.5, 0.6) is 5.75 Å². The molecule has 0 saturated heterocycles. The van der Waals surface area contributed by atoms with Gasteiger partial charge in [0.1, 0.15) is 11.9 Å². The van der Waals surface area contributed by atoms with Crippen molar-refractivity contribution in [2.24, 2.45) is 11.8 Å². The number of hydrogen-bond acceptors (Lipinski definition) is 5. The highest BCUT2D eigenvalue weighted by molar-refractivity contribution is 6.74. The Hall–Kier alpha value is -2.36. The summed E-state index contributed by atoms with van der Waals surface area (Å²) >= 11 is 0. The van der Waals surface area contributed by atoms with Crippen LogP contribution in [0.2, 0.25) is 18.1 Å². The second-order valence-corrected chi connectivity index (χ2v) is 16.7. The Morgan fingerprint density at radius 2 is 2.00 bits per heavy atom. The highest BCUT2D eigenvalue weighted by Crippen LogP contribution is 2.54. The Morgan fingerprint density at radius 3 is 2.65 bits per heavy atom. The van der Waals surface area contributed by atoms with Gasteiger partial charge in [0.25, 0.3) is 0 Å². The number of para-hydroxylation sites is 1. The van der Waals surface area contributed by atoms with Gasteiger partial charge in [-0.2, -0.15) is 0 Å². The van der Waals surface area contributed by atoms with Crippen molar-refractivity contribution < 1.29 is 23.5 Å². The molecule has 6 heteroatoms. The maximum absolute atomic E-state index is 12.9. The Morgan fingerprint density at radius 1 is 1.27 bits per heavy atom. The van der Waals surface area contributed by atoms with Crippen molar-refractivity contribution in [1.29, 1.82) is 0 Å². The molecule has 0 unspecified atom stereocenters. The second-order valence-electron chi connectivity index (χ2n) is 12.0. The summed E-state index contributed by atoms with van der Waals surface area (Å²) in [4.78, 5) is 24.5. The summed E-state index contributed by atoms with van der Waals surface area (Å²) in [5.74, 6) is 6.83. The van der Waals surface area contributed by atoms with Crippen molar-refractivity contribution in [3.8, 4) is 17.6 Å². The predicted molar refractivity (Wildman–Crippen MR) is 150 cm³/mol. The Balaban J connectivity index is 1.89. The molecule has 3 rings (SSSR count). The summed E-state index contributed by atoms with van der Waals surface area (Å²) in [6.45, 7) is 15.1. The largest absolute Gasteiger partial charge is 0.489 e. The first-order valence-corrected chi connectivity index (χ1v) is 16.4. The number of benzene rings is 1. The quantitative estimate of drug-likeness (QED) is 0.149. The molecule has 1 heterocycles. The van der Waals surface area contributed by atoms with Crippen LogP contribution in [0, 0.1) is 23.7 Å². The number of rotatable bonds is 10. The molecular formula is C31H44O5Si. The summed E-state index contributed by atoms with van der Waals surface area (Å²) in [6.07, 6.45) is 7.10. The van der Waals surface area contributed by atoms with Crippen molar-refractivity contribution >= 4 is 20.1 Å². The summed E-state index contributed by atoms with van der Waals surface area (Å²) in [6, 6.07) is 6.32. The second kappa shape index (κ2) is 12.0. The van der Waals surface area contributed by atoms with Crippen molar-refractivity contribution in [2.45, 2.75) is 103 Å². The summed E-state index contributed by atoms with van der Waals surface area (Å²) < 4.78 is 18.3. The number of aryl methyl sites for hydroxylation is 1. The zero-order valence-corrected chi connectivity index (χ0v) is 24.9. The molecule has 0 radical (unpaired) electrons. The van der Waals surface area contributed by atoms with Crippen LogP contribution >= 0.6 is 0 Å². The fourth-order valence-corrected chi connectivity index (χ4v) is 6.44. The molecular weight excluding hydrogens is 480 g/mol. The molecule has 1 fully saturated rings. The molecule has 5 nitrogen and oxygen atoms in total. The molecule has 5 atom stereocenters. The topological polar surface area (TPSA) is 61.8 Å². The zero-order valence-electron chi connectivity index (χ0n) is 23.9. The summed E-state index contributed by atoms with van der Waals surface area (Å²) in [5, 5.41) is 0.0910. The van der Waals surface area contributed by atoms with E-state index in [0.717, 1.165) is 30.6 Å². The van der Waals surface area contributed by atoms with Crippen molar-refractivity contribution in [3.63, 3.8) is 0 Å². The van der Waals surface area contributed by atoms with E-state index in [0.29, 0.717) is 12.8 Å². The van der Waals surface area contributed by atoms with E-state index >= 15 is 0 Å². The first kappa shape index (κ1) is 29.2. The number of fused-ring (bicyclic) bond motifs is 3. The fourth-order valence-electron chi connectivity index (χ4n) is 5.08. The molecule has 2 aliphatic rings. The monoisotopic (exact) mass is 524 g/mol. The summed E-state index contributed by atoms with van der Waals surface area (Å²) in [5.41, 5.74) is 2.32. The number of ketones is 1. The average Bonchev–Trinajstić information content (AvgIpc) is 3.35. The lowest BCUT2D eigenvalue weighted by molar-refractivity contribution is -0.140. The van der Waals surface area contributed by atoms with Gasteiger partial charge >= 0.3 is 5.97 Å². The maximum Gasteiger partial charge on any atom is 0.305 e. The standard InChI is InChI=1S/C31H44O5Si/c1-9-10-13-21(2)25(32)19-18-23-26(36-37(7,8)31(3,4)5)20-27-29(23)24-16-11-14-22(30(24)35-27)15-12-17-28(33)34-6/h11,14,16,18-19,21,23,26-27,29H,12-13,15,17,20H2,1-8H3/b19-18+/t21-,23-,26+,27-,29-/m0/s1. The Labute approximate surface area is 224 Å². The average molecular weight is 525 g/mol. The molecule has 0 amide bonds. The van der Waals surface area contributed by atoms with E-state index in [2.05, 4.69) is 70.0 Å². The van der Waals surface area contributed by atoms with Gasteiger partial charge in [-0.3, -0.25) is 9.59 Å². The van der Waals surface area contributed by atoms with E-state index in [9.17, 15) is 9.59 Å². The highest BCUT2D eigenvalue weighted by atomic mass is 28.4. The van der Waals surface area contributed by atoms with Crippen LogP contribution in [-0.4, -0.2) is 39.4 Å². The highest BCUT2D eigenvalue weighted by Gasteiger charge is 2.52. The van der Waals surface area contributed by atoms with Crippen molar-refractivity contribution in [2.75, 3.05) is 7.11 Å². The molecule has 1 aromatic rings. The molecule has 1 aromatic carbocycles. The molecule has 1 aliphatic carbocycles. The molecule has 0 aromatic heterocycles. The molecule has 1 saturated carbocycles. The summed E-state index contributed by atoms with van der Waals surface area (Å²) in [7, 11) is -0.604. The lowest BCUT2D eigenvalue weighted by Crippen LogP contribution is -2.45. The van der Waals surface area contributed by atoms with E-state index in [1.807, 2.05) is 6.92 Å². The molecule has 0 bridgehead atoms. The molecule has 0 N–H and O–H groups in total. The normalized spacial score (nSPS) is 23.6. The van der Waals surface area contributed by atoms with Crippen LogP contribution in [0.1, 0.15) is 77.3 Å². The third kappa shape index (κ3) is 6.75. The minimum atomic E-state index is -2.03. The number of hydrogen-bond donors (Lipinski definition) is 0. The number of esters is 1. The van der Waals surface area contributed by atoms with E-state index < -0.39 is 8.32 Å². The lowest BCUT2D eigenvalue weighted by Gasteiger charge is -2.40. The Kier molecular flexibility index (Phi) is 9.47. The van der Waals surface area contributed by atoms with Gasteiger partial charge in [-0.05, 0) is 49.5 Å². The minimum Gasteiger partial charge on any atom is -0.489 e. The smallest absolute Gasteiger partial charge is 0.305 e. The maximum atomic E-state index is 12.9. The van der Waals surface area contributed by atoms with E-state index in [4.69, 9.17) is 13.9 Å². The molecule has 0 spiro atoms. The number of carbonyl (C=O) groups excluding carboxylic acids is 2. The van der Waals surface area contributed by atoms with Crippen LogP contribution < -0.4 is 4.74 Å². The molecule has 1 aliphatic heterocycles. The van der Waals surface area contributed by atoms with Crippen LogP contribution in [0.4, 0.5) is 0 Å². The van der Waals surface area contributed by atoms with Crippen molar-refractivity contribution in [1.82, 2.24) is 0 Å². The number of methoxy groups -OCH3 is 1. The van der Waals surface area contributed by atoms with E-state index in [1.54, 1.807) is 13.0 Å². The van der Waals surface area contributed by atoms with Gasteiger partial charge in [0.15, 0.2) is 14.1 Å². The Bertz CT molecular complexity index is 1070. The molecule has 37 heavy (non-hydrogen) atoms. The van der Waals surface area contributed by atoms with E-state index in [1.165, 1.54) is 12.7 Å². The number of allylic oxidation sites excluding steroid dienone is 1. The lowest BCUT2D eigenvalue weighted by atomic mass is 9.86. The van der Waals surface area contributed by atoms with Gasteiger partial charge in [-0.15, -0.1) is 11.8 Å². The van der Waals surface area contributed by atoms with E-state index in [-0.39, 0.29) is 46.8 Å².